The van der Waals surface area contributed by atoms with E-state index in [9.17, 15) is 9.90 Å². The summed E-state index contributed by atoms with van der Waals surface area (Å²) in [7, 11) is 0. The first-order chi connectivity index (χ1) is 13.0. The molecule has 0 aliphatic rings. The van der Waals surface area contributed by atoms with Crippen LogP contribution >= 0.6 is 0 Å². The van der Waals surface area contributed by atoms with Gasteiger partial charge in [0.05, 0.1) is 12.8 Å². The van der Waals surface area contributed by atoms with Gasteiger partial charge in [0.2, 0.25) is 0 Å². The highest BCUT2D eigenvalue weighted by molar-refractivity contribution is 5.78. The Balaban J connectivity index is 1.75. The van der Waals surface area contributed by atoms with Gasteiger partial charge in [0.15, 0.2) is 6.61 Å². The fourth-order valence-electron chi connectivity index (χ4n) is 2.93. The lowest BCUT2D eigenvalue weighted by molar-refractivity contribution is -0.134. The van der Waals surface area contributed by atoms with E-state index >= 15 is 0 Å². The first-order valence-electron chi connectivity index (χ1n) is 8.80. The number of phenolic OH excluding ortho intramolecular Hbond substituents is 1. The van der Waals surface area contributed by atoms with E-state index in [0.717, 1.165) is 16.9 Å². The van der Waals surface area contributed by atoms with Crippen molar-refractivity contribution in [3.05, 3.63) is 83.3 Å². The molecule has 1 amide bonds. The van der Waals surface area contributed by atoms with E-state index < -0.39 is 0 Å². The van der Waals surface area contributed by atoms with Crippen LogP contribution < -0.4 is 4.74 Å². The molecule has 0 radical (unpaired) electrons. The van der Waals surface area contributed by atoms with Gasteiger partial charge >= 0.3 is 0 Å². The van der Waals surface area contributed by atoms with Crippen molar-refractivity contribution < 1.29 is 19.1 Å². The van der Waals surface area contributed by atoms with Gasteiger partial charge in [-0.15, -0.1) is 0 Å². The molecule has 0 bridgehead atoms. The number of furan rings is 1. The summed E-state index contributed by atoms with van der Waals surface area (Å²) in [6, 6.07) is 16.5. The molecular formula is C22H23NO4. The monoisotopic (exact) mass is 365 g/mol. The molecular weight excluding hydrogens is 342 g/mol. The van der Waals surface area contributed by atoms with E-state index in [1.807, 2.05) is 44.2 Å². The summed E-state index contributed by atoms with van der Waals surface area (Å²) in [5.41, 5.74) is 2.65. The van der Waals surface area contributed by atoms with Crippen molar-refractivity contribution in [1.82, 2.24) is 4.90 Å². The smallest absolute Gasteiger partial charge is 0.261 e. The van der Waals surface area contributed by atoms with Gasteiger partial charge in [-0.25, -0.2) is 0 Å². The molecule has 3 aromatic rings. The third kappa shape index (κ3) is 4.70. The van der Waals surface area contributed by atoms with Gasteiger partial charge in [-0.2, -0.15) is 0 Å². The molecule has 140 valence electrons. The fraction of sp³-hybridized carbons (Fsp3) is 0.227. The van der Waals surface area contributed by atoms with Crippen LogP contribution in [0.25, 0.3) is 0 Å². The molecule has 3 rings (SSSR count). The number of hydrogen-bond acceptors (Lipinski definition) is 4. The van der Waals surface area contributed by atoms with Crippen molar-refractivity contribution >= 4 is 5.91 Å². The van der Waals surface area contributed by atoms with Gasteiger partial charge < -0.3 is 19.2 Å². The van der Waals surface area contributed by atoms with Gasteiger partial charge in [-0.3, -0.25) is 4.79 Å². The van der Waals surface area contributed by atoms with Crippen molar-refractivity contribution in [3.8, 4) is 11.5 Å². The summed E-state index contributed by atoms with van der Waals surface area (Å²) < 4.78 is 11.2. The molecule has 5 heteroatoms. The SMILES string of the molecule is Cc1cccc(C)c1OCC(=O)N(Cc1ccco1)Cc1ccccc1O. The van der Waals surface area contributed by atoms with E-state index in [1.54, 1.807) is 35.4 Å². The van der Waals surface area contributed by atoms with E-state index in [-0.39, 0.29) is 24.8 Å². The number of para-hydroxylation sites is 2. The topological polar surface area (TPSA) is 62.9 Å². The molecule has 2 aromatic carbocycles. The number of phenols is 1. The molecule has 1 heterocycles. The maximum absolute atomic E-state index is 12.9. The van der Waals surface area contributed by atoms with Crippen LogP contribution in [0.2, 0.25) is 0 Å². The van der Waals surface area contributed by atoms with Gasteiger partial charge in [-0.1, -0.05) is 36.4 Å². The van der Waals surface area contributed by atoms with Gasteiger partial charge in [-0.05, 0) is 43.2 Å². The molecule has 1 aromatic heterocycles. The molecule has 0 spiro atoms. The Bertz CT molecular complexity index is 882. The first kappa shape index (κ1) is 18.6. The molecule has 0 saturated carbocycles. The van der Waals surface area contributed by atoms with Crippen LogP contribution in [0.5, 0.6) is 11.5 Å². The summed E-state index contributed by atoms with van der Waals surface area (Å²) in [4.78, 5) is 14.5. The zero-order chi connectivity index (χ0) is 19.2. The number of hydrogen-bond donors (Lipinski definition) is 1. The molecule has 0 saturated heterocycles. The molecule has 0 atom stereocenters. The quantitative estimate of drug-likeness (QED) is 0.681. The van der Waals surface area contributed by atoms with Crippen LogP contribution in [0.3, 0.4) is 0 Å². The lowest BCUT2D eigenvalue weighted by Crippen LogP contribution is -2.34. The average Bonchev–Trinajstić information content (AvgIpc) is 3.15. The predicted molar refractivity (Wildman–Crippen MR) is 102 cm³/mol. The van der Waals surface area contributed by atoms with E-state index in [1.165, 1.54) is 0 Å². The molecule has 0 fully saturated rings. The number of aryl methyl sites for hydroxylation is 2. The van der Waals surface area contributed by atoms with Crippen LogP contribution in [-0.2, 0) is 17.9 Å². The minimum absolute atomic E-state index is 0.0833. The molecule has 0 aliphatic carbocycles. The van der Waals surface area contributed by atoms with Crippen LogP contribution in [0.1, 0.15) is 22.5 Å². The Hall–Kier alpha value is -3.21. The summed E-state index contributed by atoms with van der Waals surface area (Å²) in [6.07, 6.45) is 1.57. The Labute approximate surface area is 158 Å². The van der Waals surface area contributed by atoms with Crippen LogP contribution in [-0.4, -0.2) is 22.5 Å². The van der Waals surface area contributed by atoms with Crippen LogP contribution in [0.15, 0.2) is 65.3 Å². The van der Waals surface area contributed by atoms with E-state index in [0.29, 0.717) is 17.9 Å². The summed E-state index contributed by atoms with van der Waals surface area (Å²) in [6.45, 7) is 4.39. The van der Waals surface area contributed by atoms with Gasteiger partial charge in [0, 0.05) is 12.1 Å². The van der Waals surface area contributed by atoms with Crippen molar-refractivity contribution in [2.75, 3.05) is 6.61 Å². The number of rotatable bonds is 7. The normalized spacial score (nSPS) is 10.6. The maximum Gasteiger partial charge on any atom is 0.261 e. The second-order valence-electron chi connectivity index (χ2n) is 6.47. The van der Waals surface area contributed by atoms with Crippen molar-refractivity contribution in [1.29, 1.82) is 0 Å². The number of ether oxygens (including phenoxy) is 1. The molecule has 5 nitrogen and oxygen atoms in total. The van der Waals surface area contributed by atoms with Crippen LogP contribution in [0, 0.1) is 13.8 Å². The lowest BCUT2D eigenvalue weighted by atomic mass is 10.1. The van der Waals surface area contributed by atoms with Crippen molar-refractivity contribution in [2.24, 2.45) is 0 Å². The maximum atomic E-state index is 12.9. The Morgan fingerprint density at radius 2 is 1.74 bits per heavy atom. The predicted octanol–water partition coefficient (Wildman–Crippen LogP) is 4.21. The number of nitrogens with zero attached hydrogens (tertiary/aromatic N) is 1. The van der Waals surface area contributed by atoms with Gasteiger partial charge in [0.25, 0.3) is 5.91 Å². The van der Waals surface area contributed by atoms with Crippen molar-refractivity contribution in [3.63, 3.8) is 0 Å². The Morgan fingerprint density at radius 1 is 1.00 bits per heavy atom. The van der Waals surface area contributed by atoms with Gasteiger partial charge in [0.1, 0.15) is 17.3 Å². The minimum atomic E-state index is -0.183. The molecule has 27 heavy (non-hydrogen) atoms. The number of carbonyl (C=O) groups is 1. The van der Waals surface area contributed by atoms with Crippen molar-refractivity contribution in [2.45, 2.75) is 26.9 Å². The number of carbonyl (C=O) groups excluding carboxylic acids is 1. The first-order valence-corrected chi connectivity index (χ1v) is 8.80. The Morgan fingerprint density at radius 3 is 2.41 bits per heavy atom. The zero-order valence-electron chi connectivity index (χ0n) is 15.5. The second-order valence-corrected chi connectivity index (χ2v) is 6.47. The third-order valence-electron chi connectivity index (χ3n) is 4.38. The largest absolute Gasteiger partial charge is 0.508 e. The molecule has 0 aliphatic heterocycles. The minimum Gasteiger partial charge on any atom is -0.508 e. The summed E-state index contributed by atoms with van der Waals surface area (Å²) >= 11 is 0. The average molecular weight is 365 g/mol. The number of aromatic hydroxyl groups is 1. The molecule has 0 unspecified atom stereocenters. The highest BCUT2D eigenvalue weighted by atomic mass is 16.5. The third-order valence-corrected chi connectivity index (χ3v) is 4.38. The standard InChI is InChI=1S/C22H23NO4/c1-16-7-5-8-17(2)22(16)27-15-21(25)23(14-19-10-6-12-26-19)13-18-9-3-4-11-20(18)24/h3-12,24H,13-15H2,1-2H3. The Kier molecular flexibility index (Phi) is 5.81. The van der Waals surface area contributed by atoms with E-state index in [4.69, 9.17) is 9.15 Å². The highest BCUT2D eigenvalue weighted by Crippen LogP contribution is 2.23. The molecule has 1 N–H and O–H groups in total. The van der Waals surface area contributed by atoms with Crippen LogP contribution in [0.4, 0.5) is 0 Å². The lowest BCUT2D eigenvalue weighted by Gasteiger charge is -2.23. The number of benzene rings is 2. The van der Waals surface area contributed by atoms with E-state index in [2.05, 4.69) is 0 Å². The fourth-order valence-corrected chi connectivity index (χ4v) is 2.93. The summed E-state index contributed by atoms with van der Waals surface area (Å²) in [5.74, 6) is 1.37. The summed E-state index contributed by atoms with van der Waals surface area (Å²) in [5, 5.41) is 10.1. The number of amides is 1. The second kappa shape index (κ2) is 8.45. The highest BCUT2D eigenvalue weighted by Gasteiger charge is 2.18. The zero-order valence-corrected chi connectivity index (χ0v) is 15.5.